The van der Waals surface area contributed by atoms with E-state index in [0.717, 1.165) is 25.9 Å². The van der Waals surface area contributed by atoms with E-state index in [9.17, 15) is 8.42 Å². The average molecular weight is 293 g/mol. The van der Waals surface area contributed by atoms with Crippen LogP contribution in [-0.4, -0.2) is 59.2 Å². The van der Waals surface area contributed by atoms with Gasteiger partial charge in [0.1, 0.15) is 0 Å². The highest BCUT2D eigenvalue weighted by Crippen LogP contribution is 2.17. The lowest BCUT2D eigenvalue weighted by Crippen LogP contribution is -2.47. The predicted molar refractivity (Wildman–Crippen MR) is 76.3 cm³/mol. The molecule has 0 radical (unpaired) electrons. The van der Waals surface area contributed by atoms with Crippen LogP contribution in [0.4, 0.5) is 0 Å². The molecule has 1 heterocycles. The summed E-state index contributed by atoms with van der Waals surface area (Å²) in [6.45, 7) is 6.14. The molecule has 1 aliphatic rings. The Hall–Kier alpha value is -0.210. The van der Waals surface area contributed by atoms with Crippen LogP contribution in [0.5, 0.6) is 0 Å². The second-order valence-corrected chi connectivity index (χ2v) is 6.67. The van der Waals surface area contributed by atoms with Gasteiger partial charge in [0, 0.05) is 33.4 Å². The topological polar surface area (TPSA) is 70.7 Å². The minimum Gasteiger partial charge on any atom is -0.385 e. The first-order valence-corrected chi connectivity index (χ1v) is 8.48. The van der Waals surface area contributed by atoms with Gasteiger partial charge in [0.2, 0.25) is 0 Å². The first-order chi connectivity index (χ1) is 9.10. The van der Waals surface area contributed by atoms with Crippen LogP contribution in [0.3, 0.4) is 0 Å². The molecule has 7 heteroatoms. The van der Waals surface area contributed by atoms with E-state index >= 15 is 0 Å². The molecule has 0 bridgehead atoms. The third kappa shape index (κ3) is 6.18. The number of hydrogen-bond donors (Lipinski definition) is 2. The largest absolute Gasteiger partial charge is 0.385 e. The van der Waals surface area contributed by atoms with E-state index in [1.165, 1.54) is 0 Å². The minimum absolute atomic E-state index is 0.421. The molecule has 0 aromatic heterocycles. The van der Waals surface area contributed by atoms with E-state index in [4.69, 9.17) is 4.74 Å². The zero-order chi connectivity index (χ0) is 14.1. The first kappa shape index (κ1) is 16.8. The van der Waals surface area contributed by atoms with Gasteiger partial charge in [-0.15, -0.1) is 0 Å². The highest BCUT2D eigenvalue weighted by Gasteiger charge is 2.28. The Balaban J connectivity index is 2.39. The minimum atomic E-state index is -3.32. The third-order valence-electron chi connectivity index (χ3n) is 3.31. The standard InChI is InChI=1S/C12H27N3O3S/c1-3-13-10-12-6-4-8-15(11-12)19(16,17)14-7-5-9-18-2/h12-14H,3-11H2,1-2H3. The van der Waals surface area contributed by atoms with Crippen molar-refractivity contribution in [3.05, 3.63) is 0 Å². The summed E-state index contributed by atoms with van der Waals surface area (Å²) in [7, 11) is -1.71. The molecule has 0 aromatic rings. The van der Waals surface area contributed by atoms with Gasteiger partial charge in [-0.1, -0.05) is 6.92 Å². The normalized spacial score (nSPS) is 21.7. The molecule has 114 valence electrons. The van der Waals surface area contributed by atoms with Gasteiger partial charge in [-0.05, 0) is 38.3 Å². The maximum Gasteiger partial charge on any atom is 0.279 e. The summed E-state index contributed by atoms with van der Waals surface area (Å²) in [5.41, 5.74) is 0. The number of rotatable bonds is 9. The van der Waals surface area contributed by atoms with Crippen molar-refractivity contribution in [1.82, 2.24) is 14.3 Å². The molecule has 2 N–H and O–H groups in total. The second-order valence-electron chi connectivity index (χ2n) is 4.92. The third-order valence-corrected chi connectivity index (χ3v) is 4.89. The van der Waals surface area contributed by atoms with Crippen molar-refractivity contribution in [2.45, 2.75) is 26.2 Å². The van der Waals surface area contributed by atoms with Gasteiger partial charge in [0.25, 0.3) is 10.2 Å². The molecular formula is C12H27N3O3S. The van der Waals surface area contributed by atoms with Crippen molar-refractivity contribution in [2.75, 3.05) is 46.4 Å². The number of ether oxygens (including phenoxy) is 1. The molecule has 0 aromatic carbocycles. The van der Waals surface area contributed by atoms with Crippen molar-refractivity contribution < 1.29 is 13.2 Å². The van der Waals surface area contributed by atoms with Gasteiger partial charge in [-0.2, -0.15) is 12.7 Å². The molecule has 6 nitrogen and oxygen atoms in total. The van der Waals surface area contributed by atoms with E-state index < -0.39 is 10.2 Å². The lowest BCUT2D eigenvalue weighted by molar-refractivity contribution is 0.195. The fraction of sp³-hybridized carbons (Fsp3) is 1.00. The Morgan fingerprint density at radius 3 is 2.89 bits per heavy atom. The monoisotopic (exact) mass is 293 g/mol. The highest BCUT2D eigenvalue weighted by atomic mass is 32.2. The highest BCUT2D eigenvalue weighted by molar-refractivity contribution is 7.87. The van der Waals surface area contributed by atoms with Crippen molar-refractivity contribution >= 4 is 10.2 Å². The summed E-state index contributed by atoms with van der Waals surface area (Å²) >= 11 is 0. The Bertz CT molecular complexity index is 335. The summed E-state index contributed by atoms with van der Waals surface area (Å²) in [6, 6.07) is 0. The summed E-state index contributed by atoms with van der Waals surface area (Å²) in [5, 5.41) is 3.29. The fourth-order valence-electron chi connectivity index (χ4n) is 2.27. The van der Waals surface area contributed by atoms with E-state index in [-0.39, 0.29) is 0 Å². The van der Waals surface area contributed by atoms with Crippen molar-refractivity contribution in [3.8, 4) is 0 Å². The van der Waals surface area contributed by atoms with Crippen LogP contribution in [0.1, 0.15) is 26.2 Å². The van der Waals surface area contributed by atoms with Crippen LogP contribution in [0.25, 0.3) is 0 Å². The predicted octanol–water partition coefficient (Wildman–Crippen LogP) is 0.179. The van der Waals surface area contributed by atoms with Gasteiger partial charge < -0.3 is 10.1 Å². The van der Waals surface area contributed by atoms with Crippen LogP contribution >= 0.6 is 0 Å². The maximum absolute atomic E-state index is 12.1. The molecule has 0 amide bonds. The molecule has 1 saturated heterocycles. The Kier molecular flexibility index (Phi) is 7.86. The van der Waals surface area contributed by atoms with Crippen molar-refractivity contribution in [1.29, 1.82) is 0 Å². The lowest BCUT2D eigenvalue weighted by atomic mass is 10.00. The van der Waals surface area contributed by atoms with Crippen LogP contribution in [0, 0.1) is 5.92 Å². The lowest BCUT2D eigenvalue weighted by Gasteiger charge is -2.32. The van der Waals surface area contributed by atoms with Crippen LogP contribution in [0.2, 0.25) is 0 Å². The number of piperidine rings is 1. The summed E-state index contributed by atoms with van der Waals surface area (Å²) < 4.78 is 33.4. The fourth-order valence-corrected chi connectivity index (χ4v) is 3.63. The summed E-state index contributed by atoms with van der Waals surface area (Å²) in [6.07, 6.45) is 2.74. The number of nitrogens with zero attached hydrogens (tertiary/aromatic N) is 1. The molecule has 0 saturated carbocycles. The Morgan fingerprint density at radius 1 is 1.42 bits per heavy atom. The van der Waals surface area contributed by atoms with Crippen LogP contribution in [-0.2, 0) is 14.9 Å². The molecule has 1 aliphatic heterocycles. The van der Waals surface area contributed by atoms with Gasteiger partial charge in [0.15, 0.2) is 0 Å². The Morgan fingerprint density at radius 2 is 2.21 bits per heavy atom. The maximum atomic E-state index is 12.1. The van der Waals surface area contributed by atoms with Crippen LogP contribution in [0.15, 0.2) is 0 Å². The quantitative estimate of drug-likeness (QED) is 0.595. The van der Waals surface area contributed by atoms with E-state index in [1.54, 1.807) is 11.4 Å². The smallest absolute Gasteiger partial charge is 0.279 e. The average Bonchev–Trinajstić information content (AvgIpc) is 2.42. The molecule has 1 unspecified atom stereocenters. The SMILES string of the molecule is CCNCC1CCCN(S(=O)(=O)NCCCOC)C1. The zero-order valence-electron chi connectivity index (χ0n) is 12.0. The Labute approximate surface area is 117 Å². The molecule has 1 rings (SSSR count). The molecule has 1 atom stereocenters. The molecule has 0 aliphatic carbocycles. The van der Waals surface area contributed by atoms with Gasteiger partial charge >= 0.3 is 0 Å². The van der Waals surface area contributed by atoms with Crippen molar-refractivity contribution in [2.24, 2.45) is 5.92 Å². The second kappa shape index (κ2) is 8.86. The summed E-state index contributed by atoms with van der Waals surface area (Å²) in [4.78, 5) is 0. The van der Waals surface area contributed by atoms with Gasteiger partial charge in [-0.3, -0.25) is 0 Å². The summed E-state index contributed by atoms with van der Waals surface area (Å²) in [5.74, 6) is 0.421. The van der Waals surface area contributed by atoms with Crippen molar-refractivity contribution in [3.63, 3.8) is 0 Å². The first-order valence-electron chi connectivity index (χ1n) is 7.04. The molecule has 1 fully saturated rings. The van der Waals surface area contributed by atoms with Gasteiger partial charge in [0.05, 0.1) is 0 Å². The number of hydrogen-bond acceptors (Lipinski definition) is 4. The zero-order valence-corrected chi connectivity index (χ0v) is 12.8. The number of methoxy groups -OCH3 is 1. The van der Waals surface area contributed by atoms with Gasteiger partial charge in [-0.25, -0.2) is 4.72 Å². The van der Waals surface area contributed by atoms with E-state index in [0.29, 0.717) is 38.6 Å². The molecular weight excluding hydrogens is 266 g/mol. The number of nitrogens with one attached hydrogen (secondary N) is 2. The van der Waals surface area contributed by atoms with E-state index in [2.05, 4.69) is 17.0 Å². The molecule has 19 heavy (non-hydrogen) atoms. The molecule has 0 spiro atoms. The van der Waals surface area contributed by atoms with E-state index in [1.807, 2.05) is 0 Å². The van der Waals surface area contributed by atoms with Crippen LogP contribution < -0.4 is 10.0 Å².